The van der Waals surface area contributed by atoms with Gasteiger partial charge in [-0.3, -0.25) is 0 Å². The minimum Gasteiger partial charge on any atom is -0.137 e. The van der Waals surface area contributed by atoms with Crippen molar-refractivity contribution in [3.63, 3.8) is 0 Å². The van der Waals surface area contributed by atoms with Crippen molar-refractivity contribution in [1.82, 2.24) is 0 Å². The average molecular weight is 284 g/mol. The van der Waals surface area contributed by atoms with Crippen molar-refractivity contribution in [2.24, 2.45) is 0 Å². The first-order valence-corrected chi connectivity index (χ1v) is 5.83. The first-order valence-electron chi connectivity index (χ1n) is 3.04. The lowest BCUT2D eigenvalue weighted by atomic mass is 10.1. The summed E-state index contributed by atoms with van der Waals surface area (Å²) in [6.07, 6.45) is 0. The Morgan fingerprint density at radius 3 is 2.80 bits per heavy atom. The van der Waals surface area contributed by atoms with Gasteiger partial charge in [0.1, 0.15) is 0 Å². The Balaban J connectivity index is 2.74. The highest BCUT2D eigenvalue weighted by Crippen LogP contribution is 2.26. The van der Waals surface area contributed by atoms with Gasteiger partial charge in [0.2, 0.25) is 0 Å². The summed E-state index contributed by atoms with van der Waals surface area (Å²) >= 11 is 8.63. The number of hydrogen-bond acceptors (Lipinski definition) is 1. The van der Waals surface area contributed by atoms with Crippen LogP contribution in [0, 0.1) is 0 Å². The van der Waals surface area contributed by atoms with Crippen molar-refractivity contribution in [2.45, 2.75) is 12.8 Å². The molecule has 0 N–H and O–H groups in total. The molecule has 0 amide bonds. The van der Waals surface area contributed by atoms with Crippen LogP contribution >= 0.6 is 43.2 Å². The normalized spacial score (nSPS) is 13.5. The predicted octanol–water partition coefficient (Wildman–Crippen LogP) is 4.01. The van der Waals surface area contributed by atoms with Crippen molar-refractivity contribution in [2.75, 3.05) is 5.33 Å². The van der Waals surface area contributed by atoms with Gasteiger partial charge >= 0.3 is 0 Å². The quantitative estimate of drug-likeness (QED) is 0.720. The minimum absolute atomic E-state index is 0.627. The van der Waals surface area contributed by atoms with Crippen LogP contribution in [0.5, 0.6) is 0 Å². The summed E-state index contributed by atoms with van der Waals surface area (Å²) < 4.78 is 1.22. The topological polar surface area (TPSA) is 0 Å². The van der Waals surface area contributed by atoms with Gasteiger partial charge < -0.3 is 0 Å². The Kier molecular flexibility index (Phi) is 3.40. The fraction of sp³-hybridized carbons (Fsp3) is 0.429. The molecule has 3 heteroatoms. The molecule has 1 heterocycles. The molecular weight excluding hydrogens is 276 g/mol. The van der Waals surface area contributed by atoms with Gasteiger partial charge in [-0.25, -0.2) is 0 Å². The minimum atomic E-state index is 0.627. The summed E-state index contributed by atoms with van der Waals surface area (Å²) in [6, 6.07) is 2.18. The summed E-state index contributed by atoms with van der Waals surface area (Å²) in [4.78, 5) is 0. The molecule has 1 aromatic rings. The van der Waals surface area contributed by atoms with E-state index in [2.05, 4.69) is 50.2 Å². The Morgan fingerprint density at radius 1 is 1.70 bits per heavy atom. The van der Waals surface area contributed by atoms with Gasteiger partial charge in [-0.15, -0.1) is 11.3 Å². The third-order valence-corrected chi connectivity index (χ3v) is 3.88. The van der Waals surface area contributed by atoms with Crippen LogP contribution in [-0.4, -0.2) is 5.33 Å². The summed E-state index contributed by atoms with van der Waals surface area (Å²) in [6.45, 7) is 2.21. The van der Waals surface area contributed by atoms with E-state index in [1.54, 1.807) is 11.3 Å². The molecule has 0 aliphatic carbocycles. The molecule has 0 aliphatic heterocycles. The van der Waals surface area contributed by atoms with Crippen LogP contribution in [0.25, 0.3) is 0 Å². The van der Waals surface area contributed by atoms with Crippen molar-refractivity contribution in [3.8, 4) is 0 Å². The molecule has 0 aliphatic rings. The van der Waals surface area contributed by atoms with Gasteiger partial charge in [0.25, 0.3) is 0 Å². The smallest absolute Gasteiger partial charge is 0.0701 e. The molecule has 0 spiro atoms. The van der Waals surface area contributed by atoms with E-state index in [0.29, 0.717) is 5.92 Å². The summed E-state index contributed by atoms with van der Waals surface area (Å²) in [5.41, 5.74) is 1.41. The highest BCUT2D eigenvalue weighted by Gasteiger charge is 2.04. The molecule has 1 atom stereocenters. The van der Waals surface area contributed by atoms with Gasteiger partial charge in [0.05, 0.1) is 3.79 Å². The third kappa shape index (κ3) is 2.07. The molecule has 1 unspecified atom stereocenters. The molecule has 0 aromatic carbocycles. The van der Waals surface area contributed by atoms with Gasteiger partial charge in [-0.2, -0.15) is 0 Å². The maximum atomic E-state index is 3.45. The zero-order chi connectivity index (χ0) is 7.56. The van der Waals surface area contributed by atoms with E-state index in [1.165, 1.54) is 9.35 Å². The first-order chi connectivity index (χ1) is 4.74. The molecule has 0 radical (unpaired) electrons. The number of rotatable bonds is 2. The predicted molar refractivity (Wildman–Crippen MR) is 54.2 cm³/mol. The molecular formula is C7H8Br2S. The molecule has 1 aromatic heterocycles. The second-order valence-corrected chi connectivity index (χ2v) is 5.18. The SMILES string of the molecule is CC(CBr)c1csc(Br)c1. The van der Waals surface area contributed by atoms with Gasteiger partial charge in [-0.05, 0) is 38.9 Å². The molecule has 0 saturated heterocycles. The summed E-state index contributed by atoms with van der Waals surface area (Å²) in [5.74, 6) is 0.627. The fourth-order valence-corrected chi connectivity index (χ4v) is 2.34. The van der Waals surface area contributed by atoms with Crippen LogP contribution in [0.1, 0.15) is 18.4 Å². The zero-order valence-corrected chi connectivity index (χ0v) is 9.59. The van der Waals surface area contributed by atoms with Crippen LogP contribution < -0.4 is 0 Å². The van der Waals surface area contributed by atoms with Gasteiger partial charge in [-0.1, -0.05) is 22.9 Å². The van der Waals surface area contributed by atoms with Crippen LogP contribution in [-0.2, 0) is 0 Å². The molecule has 10 heavy (non-hydrogen) atoms. The Bertz CT molecular complexity index is 207. The van der Waals surface area contributed by atoms with Crippen LogP contribution in [0.2, 0.25) is 0 Å². The maximum Gasteiger partial charge on any atom is 0.0701 e. The lowest BCUT2D eigenvalue weighted by molar-refractivity contribution is 0.893. The van der Waals surface area contributed by atoms with E-state index in [0.717, 1.165) is 5.33 Å². The number of halogens is 2. The number of thiophene rings is 1. The molecule has 1 rings (SSSR count). The molecule has 56 valence electrons. The van der Waals surface area contributed by atoms with E-state index in [1.807, 2.05) is 0 Å². The van der Waals surface area contributed by atoms with Crippen molar-refractivity contribution >= 4 is 43.2 Å². The van der Waals surface area contributed by atoms with E-state index >= 15 is 0 Å². The zero-order valence-electron chi connectivity index (χ0n) is 5.60. The van der Waals surface area contributed by atoms with Gasteiger partial charge in [0, 0.05) is 5.33 Å². The Hall–Kier alpha value is 0.660. The Labute approximate surface area is 81.9 Å². The monoisotopic (exact) mass is 282 g/mol. The van der Waals surface area contributed by atoms with Crippen LogP contribution in [0.15, 0.2) is 15.2 Å². The third-order valence-electron chi connectivity index (χ3n) is 1.39. The lowest BCUT2D eigenvalue weighted by Crippen LogP contribution is -1.89. The molecule has 0 bridgehead atoms. The van der Waals surface area contributed by atoms with E-state index < -0.39 is 0 Å². The van der Waals surface area contributed by atoms with Crippen LogP contribution in [0.4, 0.5) is 0 Å². The highest BCUT2D eigenvalue weighted by atomic mass is 79.9. The standard InChI is InChI=1S/C7H8Br2S/c1-5(3-8)6-2-7(9)10-4-6/h2,4-5H,3H2,1H3. The van der Waals surface area contributed by atoms with Crippen molar-refractivity contribution in [1.29, 1.82) is 0 Å². The summed E-state index contributed by atoms with van der Waals surface area (Å²) in [5, 5.41) is 3.23. The lowest BCUT2D eigenvalue weighted by Gasteiger charge is -2.01. The van der Waals surface area contributed by atoms with E-state index in [4.69, 9.17) is 0 Å². The molecule has 0 fully saturated rings. The van der Waals surface area contributed by atoms with E-state index in [9.17, 15) is 0 Å². The Morgan fingerprint density at radius 2 is 2.40 bits per heavy atom. The number of alkyl halides is 1. The largest absolute Gasteiger partial charge is 0.137 e. The summed E-state index contributed by atoms with van der Waals surface area (Å²) in [7, 11) is 0. The van der Waals surface area contributed by atoms with Crippen molar-refractivity contribution < 1.29 is 0 Å². The highest BCUT2D eigenvalue weighted by molar-refractivity contribution is 9.11. The fourth-order valence-electron chi connectivity index (χ4n) is 0.671. The number of hydrogen-bond donors (Lipinski definition) is 0. The second-order valence-electron chi connectivity index (χ2n) is 2.24. The van der Waals surface area contributed by atoms with Gasteiger partial charge in [0.15, 0.2) is 0 Å². The van der Waals surface area contributed by atoms with E-state index in [-0.39, 0.29) is 0 Å². The average Bonchev–Trinajstić information content (AvgIpc) is 2.34. The second kappa shape index (κ2) is 3.88. The first kappa shape index (κ1) is 8.75. The maximum absolute atomic E-state index is 3.45. The van der Waals surface area contributed by atoms with Crippen molar-refractivity contribution in [3.05, 3.63) is 20.8 Å². The van der Waals surface area contributed by atoms with Crippen LogP contribution in [0.3, 0.4) is 0 Å². The molecule has 0 saturated carbocycles. The molecule has 0 nitrogen and oxygen atoms in total.